The summed E-state index contributed by atoms with van der Waals surface area (Å²) in [6.07, 6.45) is 4.07. The van der Waals surface area contributed by atoms with Crippen LogP contribution in [0.3, 0.4) is 0 Å². The number of aliphatic hydroxyl groups excluding tert-OH is 1. The zero-order valence-electron chi connectivity index (χ0n) is 11.4. The topological polar surface area (TPSA) is 58.5 Å². The minimum atomic E-state index is 0.0964. The molecule has 2 heterocycles. The SMILES string of the molecule is OCCOC1CCN(c2cnnc3ccccc23)CC1. The first-order valence-electron chi connectivity index (χ1n) is 7.06. The van der Waals surface area contributed by atoms with E-state index in [0.717, 1.165) is 42.5 Å². The summed E-state index contributed by atoms with van der Waals surface area (Å²) in [6, 6.07) is 8.09. The number of hydrogen-bond acceptors (Lipinski definition) is 5. The highest BCUT2D eigenvalue weighted by molar-refractivity contribution is 5.90. The van der Waals surface area contributed by atoms with Crippen molar-refractivity contribution in [1.29, 1.82) is 0 Å². The number of rotatable bonds is 4. The molecule has 1 aromatic heterocycles. The largest absolute Gasteiger partial charge is 0.394 e. The Morgan fingerprint density at radius 3 is 2.85 bits per heavy atom. The molecule has 1 aliphatic rings. The predicted octanol–water partition coefficient (Wildman–Crippen LogP) is 1.61. The molecule has 5 nitrogen and oxygen atoms in total. The average molecular weight is 273 g/mol. The Bertz CT molecular complexity index is 563. The Hall–Kier alpha value is -1.72. The molecule has 1 aliphatic heterocycles. The predicted molar refractivity (Wildman–Crippen MR) is 77.8 cm³/mol. The van der Waals surface area contributed by atoms with Crippen LogP contribution in [0.4, 0.5) is 5.69 Å². The number of aromatic nitrogens is 2. The van der Waals surface area contributed by atoms with Crippen LogP contribution >= 0.6 is 0 Å². The number of fused-ring (bicyclic) bond motifs is 1. The summed E-state index contributed by atoms with van der Waals surface area (Å²) < 4.78 is 5.60. The summed E-state index contributed by atoms with van der Waals surface area (Å²) in [5, 5.41) is 18.2. The van der Waals surface area contributed by atoms with Gasteiger partial charge in [0.1, 0.15) is 0 Å². The van der Waals surface area contributed by atoms with Gasteiger partial charge in [-0.25, -0.2) is 0 Å². The number of piperidine rings is 1. The maximum atomic E-state index is 8.79. The molecule has 0 unspecified atom stereocenters. The second-order valence-electron chi connectivity index (χ2n) is 5.03. The fourth-order valence-corrected chi connectivity index (χ4v) is 2.73. The van der Waals surface area contributed by atoms with Crippen LogP contribution in [-0.2, 0) is 4.74 Å². The van der Waals surface area contributed by atoms with Gasteiger partial charge in [-0.05, 0) is 18.9 Å². The van der Waals surface area contributed by atoms with E-state index in [2.05, 4.69) is 21.2 Å². The molecule has 1 aromatic carbocycles. The van der Waals surface area contributed by atoms with E-state index in [9.17, 15) is 0 Å². The van der Waals surface area contributed by atoms with E-state index in [4.69, 9.17) is 9.84 Å². The van der Waals surface area contributed by atoms with Crippen LogP contribution in [0, 0.1) is 0 Å². The molecule has 5 heteroatoms. The van der Waals surface area contributed by atoms with Gasteiger partial charge >= 0.3 is 0 Å². The number of ether oxygens (including phenoxy) is 1. The second kappa shape index (κ2) is 6.15. The van der Waals surface area contributed by atoms with Crippen molar-refractivity contribution in [3.8, 4) is 0 Å². The van der Waals surface area contributed by atoms with E-state index < -0.39 is 0 Å². The molecular weight excluding hydrogens is 254 g/mol. The van der Waals surface area contributed by atoms with Crippen molar-refractivity contribution < 1.29 is 9.84 Å². The average Bonchev–Trinajstić information content (AvgIpc) is 2.53. The van der Waals surface area contributed by atoms with E-state index >= 15 is 0 Å². The van der Waals surface area contributed by atoms with Crippen molar-refractivity contribution in [3.63, 3.8) is 0 Å². The molecule has 0 saturated carbocycles. The van der Waals surface area contributed by atoms with Crippen molar-refractivity contribution in [3.05, 3.63) is 30.5 Å². The molecule has 106 valence electrons. The third-order valence-corrected chi connectivity index (χ3v) is 3.75. The van der Waals surface area contributed by atoms with Crippen LogP contribution in [0.2, 0.25) is 0 Å². The number of hydrogen-bond donors (Lipinski definition) is 1. The molecule has 1 N–H and O–H groups in total. The summed E-state index contributed by atoms with van der Waals surface area (Å²) in [5.74, 6) is 0. The lowest BCUT2D eigenvalue weighted by molar-refractivity contribution is 0.0159. The molecule has 0 spiro atoms. The first kappa shape index (κ1) is 13.3. The smallest absolute Gasteiger partial charge is 0.0950 e. The van der Waals surface area contributed by atoms with Crippen molar-refractivity contribution in [2.45, 2.75) is 18.9 Å². The Labute approximate surface area is 118 Å². The lowest BCUT2D eigenvalue weighted by Gasteiger charge is -2.33. The van der Waals surface area contributed by atoms with Crippen LogP contribution in [0.5, 0.6) is 0 Å². The van der Waals surface area contributed by atoms with Crippen molar-refractivity contribution in [2.75, 3.05) is 31.2 Å². The van der Waals surface area contributed by atoms with E-state index in [1.807, 2.05) is 24.4 Å². The van der Waals surface area contributed by atoms with Crippen LogP contribution in [0.25, 0.3) is 10.9 Å². The molecule has 0 amide bonds. The van der Waals surface area contributed by atoms with Gasteiger partial charge in [0.25, 0.3) is 0 Å². The van der Waals surface area contributed by atoms with Gasteiger partial charge in [0, 0.05) is 18.5 Å². The molecule has 0 radical (unpaired) electrons. The highest BCUT2D eigenvalue weighted by Crippen LogP contribution is 2.27. The standard InChI is InChI=1S/C15H19N3O2/c19-9-10-20-12-5-7-18(8-6-12)15-11-16-17-14-4-2-1-3-13(14)15/h1-4,11-12,19H,5-10H2. The summed E-state index contributed by atoms with van der Waals surface area (Å²) in [6.45, 7) is 2.43. The molecule has 0 bridgehead atoms. The normalized spacial score (nSPS) is 16.8. The third kappa shape index (κ3) is 2.73. The molecule has 3 rings (SSSR count). The zero-order valence-corrected chi connectivity index (χ0v) is 11.4. The summed E-state index contributed by atoms with van der Waals surface area (Å²) >= 11 is 0. The van der Waals surface area contributed by atoms with Crippen LogP contribution in [0.15, 0.2) is 30.5 Å². The Balaban J connectivity index is 1.74. The van der Waals surface area contributed by atoms with E-state index in [1.54, 1.807) is 0 Å². The maximum Gasteiger partial charge on any atom is 0.0950 e. The molecule has 0 aliphatic carbocycles. The third-order valence-electron chi connectivity index (χ3n) is 3.75. The fourth-order valence-electron chi connectivity index (χ4n) is 2.73. The first-order valence-corrected chi connectivity index (χ1v) is 7.06. The summed E-state index contributed by atoms with van der Waals surface area (Å²) in [5.41, 5.74) is 2.08. The molecule has 20 heavy (non-hydrogen) atoms. The van der Waals surface area contributed by atoms with Gasteiger partial charge in [-0.2, -0.15) is 10.2 Å². The lowest BCUT2D eigenvalue weighted by atomic mass is 10.1. The van der Waals surface area contributed by atoms with Gasteiger partial charge in [-0.1, -0.05) is 18.2 Å². The van der Waals surface area contributed by atoms with Crippen molar-refractivity contribution in [1.82, 2.24) is 10.2 Å². The van der Waals surface area contributed by atoms with Gasteiger partial charge in [0.05, 0.1) is 36.7 Å². The first-order chi connectivity index (χ1) is 9.88. The quantitative estimate of drug-likeness (QED) is 0.917. The van der Waals surface area contributed by atoms with E-state index in [1.165, 1.54) is 0 Å². The molecule has 1 saturated heterocycles. The van der Waals surface area contributed by atoms with Gasteiger partial charge in [-0.15, -0.1) is 0 Å². The maximum absolute atomic E-state index is 8.79. The van der Waals surface area contributed by atoms with E-state index in [-0.39, 0.29) is 12.7 Å². The zero-order chi connectivity index (χ0) is 13.8. The highest BCUT2D eigenvalue weighted by atomic mass is 16.5. The Kier molecular flexibility index (Phi) is 4.08. The molecule has 1 fully saturated rings. The Morgan fingerprint density at radius 2 is 2.05 bits per heavy atom. The van der Waals surface area contributed by atoms with Crippen LogP contribution in [0.1, 0.15) is 12.8 Å². The number of nitrogens with zero attached hydrogens (tertiary/aromatic N) is 3. The minimum Gasteiger partial charge on any atom is -0.394 e. The lowest BCUT2D eigenvalue weighted by Crippen LogP contribution is -2.37. The van der Waals surface area contributed by atoms with Crippen LogP contribution in [-0.4, -0.2) is 47.7 Å². The monoisotopic (exact) mass is 273 g/mol. The number of aliphatic hydroxyl groups is 1. The fraction of sp³-hybridized carbons (Fsp3) is 0.467. The Morgan fingerprint density at radius 1 is 1.25 bits per heavy atom. The van der Waals surface area contributed by atoms with Gasteiger partial charge in [0.15, 0.2) is 0 Å². The van der Waals surface area contributed by atoms with Crippen molar-refractivity contribution >= 4 is 16.6 Å². The molecule has 0 atom stereocenters. The van der Waals surface area contributed by atoms with Crippen molar-refractivity contribution in [2.24, 2.45) is 0 Å². The second-order valence-corrected chi connectivity index (χ2v) is 5.03. The molecule has 2 aromatic rings. The van der Waals surface area contributed by atoms with Crippen LogP contribution < -0.4 is 4.90 Å². The highest BCUT2D eigenvalue weighted by Gasteiger charge is 2.21. The van der Waals surface area contributed by atoms with E-state index in [0.29, 0.717) is 6.61 Å². The van der Waals surface area contributed by atoms with Gasteiger partial charge < -0.3 is 14.7 Å². The number of anilines is 1. The summed E-state index contributed by atoms with van der Waals surface area (Å²) in [7, 11) is 0. The summed E-state index contributed by atoms with van der Waals surface area (Å²) in [4.78, 5) is 2.34. The number of benzene rings is 1. The van der Waals surface area contributed by atoms with Gasteiger partial charge in [0.2, 0.25) is 0 Å². The van der Waals surface area contributed by atoms with Gasteiger partial charge in [-0.3, -0.25) is 0 Å². The minimum absolute atomic E-state index is 0.0964. The molecular formula is C15H19N3O2.